The van der Waals surface area contributed by atoms with Crippen LogP contribution in [0.2, 0.25) is 0 Å². The Morgan fingerprint density at radius 2 is 1.75 bits per heavy atom. The van der Waals surface area contributed by atoms with Gasteiger partial charge in [-0.1, -0.05) is 93.6 Å². The van der Waals surface area contributed by atoms with E-state index in [4.69, 9.17) is 4.98 Å². The first kappa shape index (κ1) is 23.3. The fourth-order valence-electron chi connectivity index (χ4n) is 2.56. The number of hydrogen-bond acceptors (Lipinski definition) is 2. The van der Waals surface area contributed by atoms with Crippen molar-refractivity contribution in [3.8, 4) is 11.4 Å². The van der Waals surface area contributed by atoms with Crippen LogP contribution >= 0.6 is 0 Å². The van der Waals surface area contributed by atoms with E-state index in [1.54, 1.807) is 0 Å². The minimum atomic E-state index is 0.801. The second-order valence-corrected chi connectivity index (χ2v) is 6.09. The smallest absolute Gasteiger partial charge is 0.160 e. The van der Waals surface area contributed by atoms with Crippen molar-refractivity contribution in [2.45, 2.75) is 53.9 Å². The monoisotopic (exact) mass is 374 g/mol. The lowest BCUT2D eigenvalue weighted by atomic mass is 10.0. The third-order valence-electron chi connectivity index (χ3n) is 3.85. The number of benzene rings is 1. The highest BCUT2D eigenvalue weighted by Gasteiger charge is 2.08. The predicted octanol–water partition coefficient (Wildman–Crippen LogP) is 7.74. The molecule has 2 nitrogen and oxygen atoms in total. The van der Waals surface area contributed by atoms with Crippen LogP contribution in [0.25, 0.3) is 17.0 Å². The Kier molecular flexibility index (Phi) is 11.9. The molecule has 1 aliphatic carbocycles. The molecule has 0 saturated carbocycles. The maximum absolute atomic E-state index is 4.70. The molecule has 0 aliphatic heterocycles. The van der Waals surface area contributed by atoms with Crippen molar-refractivity contribution in [2.24, 2.45) is 0 Å². The molecule has 0 radical (unpaired) electrons. The topological polar surface area (TPSA) is 25.8 Å². The summed E-state index contributed by atoms with van der Waals surface area (Å²) in [6, 6.07) is 12.2. The normalized spacial score (nSPS) is 12.8. The van der Waals surface area contributed by atoms with Crippen molar-refractivity contribution in [2.75, 3.05) is 0 Å². The molecule has 2 heteroatoms. The van der Waals surface area contributed by atoms with Crippen molar-refractivity contribution < 1.29 is 0 Å². The Labute approximate surface area is 171 Å². The zero-order valence-electron chi connectivity index (χ0n) is 18.0. The maximum Gasteiger partial charge on any atom is 0.160 e. The molecule has 0 unspecified atom stereocenters. The zero-order chi connectivity index (χ0) is 20.6. The van der Waals surface area contributed by atoms with E-state index >= 15 is 0 Å². The van der Waals surface area contributed by atoms with Gasteiger partial charge >= 0.3 is 0 Å². The molecule has 0 amide bonds. The summed E-state index contributed by atoms with van der Waals surface area (Å²) in [6.45, 7) is 10.2. The highest BCUT2D eigenvalue weighted by Crippen LogP contribution is 2.23. The van der Waals surface area contributed by atoms with Gasteiger partial charge in [0.2, 0.25) is 0 Å². The number of allylic oxidation sites excluding steroid dienone is 8. The molecule has 3 rings (SSSR count). The summed E-state index contributed by atoms with van der Waals surface area (Å²) in [5, 5.41) is 0. The second-order valence-electron chi connectivity index (χ2n) is 6.09. The largest absolute Gasteiger partial charge is 0.233 e. The van der Waals surface area contributed by atoms with Gasteiger partial charge in [-0.25, -0.2) is 9.97 Å². The molecular formula is C26H34N2. The number of nitrogens with zero attached hydrogens (tertiary/aromatic N) is 2. The second kappa shape index (κ2) is 14.3. The van der Waals surface area contributed by atoms with E-state index in [0.717, 1.165) is 42.0 Å². The van der Waals surface area contributed by atoms with E-state index in [0.29, 0.717) is 0 Å². The third-order valence-corrected chi connectivity index (χ3v) is 3.85. The van der Waals surface area contributed by atoms with Gasteiger partial charge in [-0.2, -0.15) is 0 Å². The van der Waals surface area contributed by atoms with Gasteiger partial charge in [0, 0.05) is 11.3 Å². The third kappa shape index (κ3) is 8.30. The molecule has 28 heavy (non-hydrogen) atoms. The summed E-state index contributed by atoms with van der Waals surface area (Å²) >= 11 is 0. The molecule has 1 aromatic heterocycles. The van der Waals surface area contributed by atoms with Crippen molar-refractivity contribution in [3.63, 3.8) is 0 Å². The molecule has 148 valence electrons. The van der Waals surface area contributed by atoms with Crippen LogP contribution in [0.5, 0.6) is 0 Å². The molecule has 1 aliphatic rings. The number of hydrogen-bond donors (Lipinski definition) is 0. The van der Waals surface area contributed by atoms with Gasteiger partial charge < -0.3 is 0 Å². The lowest BCUT2D eigenvalue weighted by Crippen LogP contribution is -1.98. The molecule has 1 aromatic carbocycles. The van der Waals surface area contributed by atoms with E-state index in [1.807, 2.05) is 76.2 Å². The van der Waals surface area contributed by atoms with Crippen LogP contribution in [0.4, 0.5) is 0 Å². The van der Waals surface area contributed by atoms with E-state index in [1.165, 1.54) is 5.57 Å². The van der Waals surface area contributed by atoms with Crippen LogP contribution in [-0.4, -0.2) is 9.97 Å². The Morgan fingerprint density at radius 3 is 2.36 bits per heavy atom. The standard InChI is InChI=1S/C17H16N2.C7H12.C2H6/c1-13-12-16(14-8-4-2-5-9-14)19-17(18-13)15-10-6-3-7-11-15;1-3-5-7-6-4-2;1-2/h3-4,6-12H,2,5H2,1H3;3,5-7H,4H2,1-2H3;1-2H3/b;5-3-,7-6-;. The molecule has 0 fully saturated rings. The van der Waals surface area contributed by atoms with E-state index in [-0.39, 0.29) is 0 Å². The van der Waals surface area contributed by atoms with Crippen LogP contribution in [0.1, 0.15) is 58.3 Å². The van der Waals surface area contributed by atoms with Gasteiger partial charge in [0.1, 0.15) is 0 Å². The average Bonchev–Trinajstić information content (AvgIpc) is 2.77. The highest BCUT2D eigenvalue weighted by atomic mass is 14.9. The van der Waals surface area contributed by atoms with Crippen molar-refractivity contribution in [3.05, 3.63) is 90.3 Å². The summed E-state index contributed by atoms with van der Waals surface area (Å²) in [7, 11) is 0. The first-order valence-electron chi connectivity index (χ1n) is 10.3. The van der Waals surface area contributed by atoms with Crippen molar-refractivity contribution >= 4 is 5.57 Å². The van der Waals surface area contributed by atoms with Gasteiger partial charge in [0.05, 0.1) is 5.69 Å². The van der Waals surface area contributed by atoms with Crippen molar-refractivity contribution in [1.29, 1.82) is 0 Å². The highest BCUT2D eigenvalue weighted by molar-refractivity contribution is 5.73. The first-order chi connectivity index (χ1) is 13.7. The average molecular weight is 375 g/mol. The summed E-state index contributed by atoms with van der Waals surface area (Å²) in [5.41, 5.74) is 4.28. The van der Waals surface area contributed by atoms with Crippen LogP contribution in [0.3, 0.4) is 0 Å². The van der Waals surface area contributed by atoms with Gasteiger partial charge in [0.25, 0.3) is 0 Å². The Hall–Kier alpha value is -2.74. The number of rotatable bonds is 4. The van der Waals surface area contributed by atoms with Gasteiger partial charge in [-0.15, -0.1) is 0 Å². The van der Waals surface area contributed by atoms with Gasteiger partial charge in [-0.3, -0.25) is 0 Å². The Morgan fingerprint density at radius 1 is 1.00 bits per heavy atom. The summed E-state index contributed by atoms with van der Waals surface area (Å²) in [4.78, 5) is 9.23. The first-order valence-corrected chi connectivity index (χ1v) is 10.3. The van der Waals surface area contributed by atoms with E-state index in [2.05, 4.69) is 42.3 Å². The van der Waals surface area contributed by atoms with Crippen LogP contribution in [0.15, 0.2) is 78.9 Å². The van der Waals surface area contributed by atoms with Crippen LogP contribution in [-0.2, 0) is 0 Å². The van der Waals surface area contributed by atoms with E-state index < -0.39 is 0 Å². The molecule has 0 atom stereocenters. The van der Waals surface area contributed by atoms with Gasteiger partial charge in [0.15, 0.2) is 5.82 Å². The zero-order valence-corrected chi connectivity index (χ0v) is 18.0. The number of aryl methyl sites for hydroxylation is 1. The van der Waals surface area contributed by atoms with Crippen molar-refractivity contribution in [1.82, 2.24) is 9.97 Å². The molecular weight excluding hydrogens is 340 g/mol. The Balaban J connectivity index is 0.000000372. The minimum absolute atomic E-state index is 0.801. The molecule has 2 aromatic rings. The lowest BCUT2D eigenvalue weighted by Gasteiger charge is -2.09. The minimum Gasteiger partial charge on any atom is -0.233 e. The maximum atomic E-state index is 4.70. The summed E-state index contributed by atoms with van der Waals surface area (Å²) < 4.78 is 0. The SMILES string of the molecule is C/C=C\C=C/CC.CC.Cc1cc(C2=CCCC=C2)nc(-c2ccccc2)n1. The Bertz CT molecular complexity index is 796. The summed E-state index contributed by atoms with van der Waals surface area (Å²) in [5.74, 6) is 0.801. The predicted molar refractivity (Wildman–Crippen MR) is 124 cm³/mol. The fraction of sp³-hybridized carbons (Fsp3) is 0.308. The molecule has 1 heterocycles. The van der Waals surface area contributed by atoms with E-state index in [9.17, 15) is 0 Å². The molecule has 0 spiro atoms. The lowest BCUT2D eigenvalue weighted by molar-refractivity contribution is 1.03. The molecule has 0 N–H and O–H groups in total. The van der Waals surface area contributed by atoms with Gasteiger partial charge in [-0.05, 0) is 44.7 Å². The molecule has 0 saturated heterocycles. The van der Waals surface area contributed by atoms with Crippen LogP contribution < -0.4 is 0 Å². The quantitative estimate of drug-likeness (QED) is 0.511. The summed E-state index contributed by atoms with van der Waals surface area (Å²) in [6.07, 6.45) is 18.2. The fourth-order valence-corrected chi connectivity index (χ4v) is 2.56. The van der Waals surface area contributed by atoms with Crippen LogP contribution in [0, 0.1) is 6.92 Å². The number of aromatic nitrogens is 2. The molecule has 0 bridgehead atoms.